The van der Waals surface area contributed by atoms with Crippen LogP contribution in [-0.4, -0.2) is 9.97 Å². The topological polar surface area (TPSA) is 61.0 Å². The molecule has 82 valence electrons. The lowest BCUT2D eigenvalue weighted by atomic mass is 10.3. The second kappa shape index (κ2) is 4.67. The lowest BCUT2D eigenvalue weighted by Gasteiger charge is -2.04. The number of halogens is 1. The molecule has 0 aliphatic carbocycles. The Morgan fingerprint density at radius 3 is 2.44 bits per heavy atom. The van der Waals surface area contributed by atoms with Gasteiger partial charge in [-0.2, -0.15) is 0 Å². The van der Waals surface area contributed by atoms with Crippen LogP contribution in [0.3, 0.4) is 0 Å². The normalized spacial score (nSPS) is 10.1. The fraction of sp³-hybridized carbons (Fsp3) is 0.0909. The quantitative estimate of drug-likeness (QED) is 0.855. The molecule has 0 bridgehead atoms. The van der Waals surface area contributed by atoms with Crippen LogP contribution in [0.1, 0.15) is 5.69 Å². The molecule has 0 fully saturated rings. The Balaban J connectivity index is 2.11. The first-order valence-electron chi connectivity index (χ1n) is 4.72. The van der Waals surface area contributed by atoms with Crippen molar-refractivity contribution in [1.82, 2.24) is 9.97 Å². The van der Waals surface area contributed by atoms with E-state index in [9.17, 15) is 4.39 Å². The molecule has 0 amide bonds. The molecular formula is C11H10FN3O. The summed E-state index contributed by atoms with van der Waals surface area (Å²) in [6.07, 6.45) is 3.02. The Morgan fingerprint density at radius 2 is 1.88 bits per heavy atom. The van der Waals surface area contributed by atoms with Gasteiger partial charge < -0.3 is 10.5 Å². The van der Waals surface area contributed by atoms with Crippen molar-refractivity contribution >= 4 is 0 Å². The number of rotatable bonds is 3. The van der Waals surface area contributed by atoms with Crippen LogP contribution >= 0.6 is 0 Å². The van der Waals surface area contributed by atoms with Gasteiger partial charge in [-0.1, -0.05) is 0 Å². The van der Waals surface area contributed by atoms with E-state index < -0.39 is 0 Å². The minimum atomic E-state index is -0.308. The standard InChI is InChI=1S/C11H10FN3O/c12-8-1-3-10(4-2-8)16-11-7-14-9(5-13)6-15-11/h1-4,6-7H,5,13H2. The number of aromatic nitrogens is 2. The first kappa shape index (κ1) is 10.5. The van der Waals surface area contributed by atoms with E-state index in [0.29, 0.717) is 23.9 Å². The van der Waals surface area contributed by atoms with Gasteiger partial charge in [-0.05, 0) is 24.3 Å². The van der Waals surface area contributed by atoms with Gasteiger partial charge in [0, 0.05) is 6.54 Å². The molecule has 0 unspecified atom stereocenters. The second-order valence-corrected chi connectivity index (χ2v) is 3.11. The Hall–Kier alpha value is -2.01. The largest absolute Gasteiger partial charge is 0.438 e. The molecule has 1 aromatic heterocycles. The average molecular weight is 219 g/mol. The van der Waals surface area contributed by atoms with Crippen molar-refractivity contribution in [3.05, 3.63) is 48.2 Å². The van der Waals surface area contributed by atoms with Crippen LogP contribution in [0.4, 0.5) is 4.39 Å². The van der Waals surface area contributed by atoms with E-state index in [-0.39, 0.29) is 5.82 Å². The molecule has 4 nitrogen and oxygen atoms in total. The molecule has 0 aliphatic heterocycles. The van der Waals surface area contributed by atoms with Gasteiger partial charge in [-0.3, -0.25) is 4.98 Å². The highest BCUT2D eigenvalue weighted by Gasteiger charge is 1.99. The van der Waals surface area contributed by atoms with Crippen molar-refractivity contribution in [1.29, 1.82) is 0 Å². The van der Waals surface area contributed by atoms with E-state index >= 15 is 0 Å². The molecule has 16 heavy (non-hydrogen) atoms. The summed E-state index contributed by atoms with van der Waals surface area (Å²) in [5, 5.41) is 0. The zero-order valence-corrected chi connectivity index (χ0v) is 8.43. The second-order valence-electron chi connectivity index (χ2n) is 3.11. The highest BCUT2D eigenvalue weighted by Crippen LogP contribution is 2.18. The molecule has 0 saturated carbocycles. The molecule has 0 radical (unpaired) electrons. The van der Waals surface area contributed by atoms with E-state index in [2.05, 4.69) is 9.97 Å². The van der Waals surface area contributed by atoms with Crippen molar-refractivity contribution < 1.29 is 9.13 Å². The summed E-state index contributed by atoms with van der Waals surface area (Å²) < 4.78 is 18.0. The van der Waals surface area contributed by atoms with Crippen LogP contribution in [0.15, 0.2) is 36.7 Å². The van der Waals surface area contributed by atoms with E-state index in [1.165, 1.54) is 30.5 Å². The van der Waals surface area contributed by atoms with Gasteiger partial charge in [0.25, 0.3) is 0 Å². The van der Waals surface area contributed by atoms with Gasteiger partial charge in [-0.15, -0.1) is 0 Å². The number of nitrogens with zero attached hydrogens (tertiary/aromatic N) is 2. The summed E-state index contributed by atoms with van der Waals surface area (Å²) in [6, 6.07) is 5.68. The summed E-state index contributed by atoms with van der Waals surface area (Å²) in [7, 11) is 0. The van der Waals surface area contributed by atoms with Gasteiger partial charge in [0.2, 0.25) is 5.88 Å². The average Bonchev–Trinajstić information content (AvgIpc) is 2.33. The minimum absolute atomic E-state index is 0.308. The maximum atomic E-state index is 12.6. The van der Waals surface area contributed by atoms with Gasteiger partial charge >= 0.3 is 0 Å². The first-order chi connectivity index (χ1) is 7.78. The van der Waals surface area contributed by atoms with Crippen LogP contribution in [0.5, 0.6) is 11.6 Å². The summed E-state index contributed by atoms with van der Waals surface area (Å²) in [4.78, 5) is 8.03. The van der Waals surface area contributed by atoms with Gasteiger partial charge in [-0.25, -0.2) is 9.37 Å². The molecule has 2 aromatic rings. The zero-order valence-electron chi connectivity index (χ0n) is 8.43. The van der Waals surface area contributed by atoms with Gasteiger partial charge in [0.05, 0.1) is 18.1 Å². The molecule has 2 rings (SSSR count). The highest BCUT2D eigenvalue weighted by molar-refractivity contribution is 5.26. The third-order valence-electron chi connectivity index (χ3n) is 1.93. The van der Waals surface area contributed by atoms with Crippen LogP contribution < -0.4 is 10.5 Å². The van der Waals surface area contributed by atoms with Crippen molar-refractivity contribution in [3.8, 4) is 11.6 Å². The Bertz CT molecular complexity index is 456. The summed E-state index contributed by atoms with van der Waals surface area (Å²) in [5.74, 6) is 0.553. The molecule has 5 heteroatoms. The Morgan fingerprint density at radius 1 is 1.12 bits per heavy atom. The molecule has 0 saturated heterocycles. The number of hydrogen-bond acceptors (Lipinski definition) is 4. The van der Waals surface area contributed by atoms with Crippen LogP contribution in [0.25, 0.3) is 0 Å². The van der Waals surface area contributed by atoms with E-state index in [1.54, 1.807) is 6.20 Å². The lowest BCUT2D eigenvalue weighted by molar-refractivity contribution is 0.457. The summed E-state index contributed by atoms with van der Waals surface area (Å²) in [6.45, 7) is 0.337. The Kier molecular flexibility index (Phi) is 3.07. The third-order valence-corrected chi connectivity index (χ3v) is 1.93. The van der Waals surface area contributed by atoms with Crippen molar-refractivity contribution in [2.75, 3.05) is 0 Å². The molecule has 0 atom stereocenters. The van der Waals surface area contributed by atoms with Crippen molar-refractivity contribution in [2.45, 2.75) is 6.54 Å². The predicted octanol–water partition coefficient (Wildman–Crippen LogP) is 1.87. The van der Waals surface area contributed by atoms with Crippen molar-refractivity contribution in [2.24, 2.45) is 5.73 Å². The van der Waals surface area contributed by atoms with Gasteiger partial charge in [0.1, 0.15) is 11.6 Å². The molecule has 0 aliphatic rings. The number of benzene rings is 1. The molecule has 1 heterocycles. The van der Waals surface area contributed by atoms with E-state index in [4.69, 9.17) is 10.5 Å². The van der Waals surface area contributed by atoms with Crippen LogP contribution in [0.2, 0.25) is 0 Å². The molecule has 0 spiro atoms. The van der Waals surface area contributed by atoms with Gasteiger partial charge in [0.15, 0.2) is 0 Å². The lowest BCUT2D eigenvalue weighted by Crippen LogP contribution is -2.00. The SMILES string of the molecule is NCc1cnc(Oc2ccc(F)cc2)cn1. The molecule has 1 aromatic carbocycles. The molecule has 2 N–H and O–H groups in total. The van der Waals surface area contributed by atoms with Crippen LogP contribution in [0, 0.1) is 5.82 Å². The van der Waals surface area contributed by atoms with Crippen molar-refractivity contribution in [3.63, 3.8) is 0 Å². The first-order valence-corrected chi connectivity index (χ1v) is 4.72. The number of ether oxygens (including phenoxy) is 1. The maximum absolute atomic E-state index is 12.6. The number of hydrogen-bond donors (Lipinski definition) is 1. The summed E-state index contributed by atoms with van der Waals surface area (Å²) >= 11 is 0. The maximum Gasteiger partial charge on any atom is 0.237 e. The number of nitrogens with two attached hydrogens (primary N) is 1. The minimum Gasteiger partial charge on any atom is -0.438 e. The van der Waals surface area contributed by atoms with Crippen LogP contribution in [-0.2, 0) is 6.54 Å². The zero-order chi connectivity index (χ0) is 11.4. The van der Waals surface area contributed by atoms with E-state index in [1.807, 2.05) is 0 Å². The predicted molar refractivity (Wildman–Crippen MR) is 56.4 cm³/mol. The fourth-order valence-corrected chi connectivity index (χ4v) is 1.12. The smallest absolute Gasteiger partial charge is 0.237 e. The summed E-state index contributed by atoms with van der Waals surface area (Å²) in [5.41, 5.74) is 6.07. The monoisotopic (exact) mass is 219 g/mol. The highest BCUT2D eigenvalue weighted by atomic mass is 19.1. The Labute approximate surface area is 91.9 Å². The fourth-order valence-electron chi connectivity index (χ4n) is 1.12. The third kappa shape index (κ3) is 2.52. The van der Waals surface area contributed by atoms with E-state index in [0.717, 1.165) is 0 Å². The molecular weight excluding hydrogens is 209 g/mol.